The molecule has 0 saturated heterocycles. The van der Waals surface area contributed by atoms with Gasteiger partial charge in [-0.25, -0.2) is 4.85 Å². The summed E-state index contributed by atoms with van der Waals surface area (Å²) in [6.45, 7) is 8.43. The van der Waals surface area contributed by atoms with E-state index in [4.69, 9.17) is 6.57 Å². The molecule has 79 heavy (non-hydrogen) atoms. The first-order valence-electron chi connectivity index (χ1n) is 26.6. The normalized spacial score (nSPS) is 12.1. The van der Waals surface area contributed by atoms with E-state index in [1.807, 2.05) is 12.1 Å². The van der Waals surface area contributed by atoms with Crippen LogP contribution in [-0.2, 0) is 5.41 Å². The molecule has 2 aliphatic carbocycles. The smallest absolute Gasteiger partial charge is 0.187 e. The molecule has 4 heteroatoms. The number of para-hydroxylation sites is 2. The van der Waals surface area contributed by atoms with E-state index in [9.17, 15) is 5.26 Å². The highest BCUT2D eigenvalue weighted by Gasteiger charge is 2.52. The maximum atomic E-state index is 10.7. The highest BCUT2D eigenvalue weighted by molar-refractivity contribution is 5.99. The topological polar surface area (TPSA) is 34.6 Å². The molecule has 0 fully saturated rings. The fourth-order valence-electron chi connectivity index (χ4n) is 12.3. The largest absolute Gasteiger partial charge is 0.310 e. The Bertz CT molecular complexity index is 3970. The van der Waals surface area contributed by atoms with Crippen LogP contribution >= 0.6 is 0 Å². The minimum absolute atomic E-state index is 0.558. The predicted molar refractivity (Wildman–Crippen MR) is 325 cm³/mol. The van der Waals surface area contributed by atoms with Gasteiger partial charge >= 0.3 is 0 Å². The van der Waals surface area contributed by atoms with Crippen LogP contribution in [0.3, 0.4) is 0 Å². The summed E-state index contributed by atoms with van der Waals surface area (Å²) in [5, 5.41) is 10.7. The van der Waals surface area contributed by atoms with E-state index in [0.717, 1.165) is 123 Å². The van der Waals surface area contributed by atoms with Crippen molar-refractivity contribution >= 4 is 39.8 Å². The molecule has 0 heterocycles. The van der Waals surface area contributed by atoms with Crippen molar-refractivity contribution in [3.8, 4) is 72.8 Å². The van der Waals surface area contributed by atoms with E-state index in [1.54, 1.807) is 0 Å². The van der Waals surface area contributed by atoms with E-state index >= 15 is 0 Å². The molecule has 14 rings (SSSR count). The fraction of sp³-hybridized carbons (Fsp3) is 0.0133. The standard InChI is InChI=1S/C75H48N4/c1-77-60-33-37-68-67-36-32-51(50-76)40-71(67)75(72(68)47-60)73-48-63(78(61-28-16-6-17-29-61)65-43-56(52-20-8-2-9-21-52)41-57(44-65)53-22-10-3-11-23-53)34-38-69(73)70-39-35-64(49-74(70)75)79(62-30-18-7-19-31-62)66-45-58(54-24-12-4-13-25-54)42-59(46-66)55-26-14-5-15-27-55/h2-49H. The third-order valence-electron chi connectivity index (χ3n) is 15.8. The number of fused-ring (bicyclic) bond motifs is 10. The number of hydrogen-bond acceptors (Lipinski definition) is 3. The first-order chi connectivity index (χ1) is 39.0. The molecule has 0 saturated carbocycles. The molecule has 0 aromatic heterocycles. The minimum atomic E-state index is -0.943. The van der Waals surface area contributed by atoms with Gasteiger partial charge in [0.15, 0.2) is 5.69 Å². The number of rotatable bonds is 10. The Kier molecular flexibility index (Phi) is 11.5. The zero-order chi connectivity index (χ0) is 52.9. The zero-order valence-corrected chi connectivity index (χ0v) is 43.0. The van der Waals surface area contributed by atoms with Crippen molar-refractivity contribution < 1.29 is 0 Å². The molecular formula is C75H48N4. The lowest BCUT2D eigenvalue weighted by Gasteiger charge is -2.34. The lowest BCUT2D eigenvalue weighted by Crippen LogP contribution is -2.26. The van der Waals surface area contributed by atoms with E-state index in [2.05, 4.69) is 300 Å². The number of hydrogen-bond donors (Lipinski definition) is 0. The van der Waals surface area contributed by atoms with Crippen LogP contribution in [0.15, 0.2) is 291 Å². The van der Waals surface area contributed by atoms with Crippen LogP contribution in [-0.4, -0.2) is 0 Å². The van der Waals surface area contributed by atoms with Crippen molar-refractivity contribution in [2.75, 3.05) is 9.80 Å². The number of nitrogens with zero attached hydrogens (tertiary/aromatic N) is 4. The zero-order valence-electron chi connectivity index (χ0n) is 43.0. The van der Waals surface area contributed by atoms with Gasteiger partial charge in [-0.2, -0.15) is 5.26 Å². The maximum Gasteiger partial charge on any atom is 0.187 e. The lowest BCUT2D eigenvalue weighted by molar-refractivity contribution is 0.793. The summed E-state index contributed by atoms with van der Waals surface area (Å²) in [5.74, 6) is 0. The highest BCUT2D eigenvalue weighted by Crippen LogP contribution is 2.65. The van der Waals surface area contributed by atoms with Crippen LogP contribution in [0.4, 0.5) is 39.8 Å². The van der Waals surface area contributed by atoms with Crippen LogP contribution < -0.4 is 9.80 Å². The Morgan fingerprint density at radius 3 is 0.987 bits per heavy atom. The second-order valence-corrected chi connectivity index (χ2v) is 20.3. The van der Waals surface area contributed by atoms with Gasteiger partial charge in [0, 0.05) is 34.1 Å². The number of anilines is 6. The monoisotopic (exact) mass is 1000 g/mol. The molecule has 2 aliphatic rings. The van der Waals surface area contributed by atoms with Gasteiger partial charge in [-0.05, 0) is 186 Å². The van der Waals surface area contributed by atoms with Gasteiger partial charge in [0.25, 0.3) is 0 Å². The van der Waals surface area contributed by atoms with Crippen molar-refractivity contribution in [3.63, 3.8) is 0 Å². The van der Waals surface area contributed by atoms with Crippen molar-refractivity contribution in [1.82, 2.24) is 0 Å². The molecule has 368 valence electrons. The molecule has 12 aromatic carbocycles. The molecule has 12 aromatic rings. The van der Waals surface area contributed by atoms with E-state index in [1.165, 1.54) is 0 Å². The first kappa shape index (κ1) is 46.7. The molecule has 0 radical (unpaired) electrons. The molecule has 0 unspecified atom stereocenters. The molecule has 4 nitrogen and oxygen atoms in total. The molecule has 0 N–H and O–H groups in total. The third kappa shape index (κ3) is 7.99. The number of nitriles is 1. The Balaban J connectivity index is 1.04. The lowest BCUT2D eigenvalue weighted by atomic mass is 9.70. The van der Waals surface area contributed by atoms with Gasteiger partial charge in [0.2, 0.25) is 0 Å². The van der Waals surface area contributed by atoms with Crippen molar-refractivity contribution in [1.29, 1.82) is 5.26 Å². The SMILES string of the molecule is [C-]#[N+]c1ccc2c(c1)C1(c3cc(C#N)ccc3-2)c2cc(N(c3ccccc3)c3cc(-c4ccccc4)cc(-c4ccccc4)c3)ccc2-c2ccc(N(c3ccccc3)c3cc(-c4ccccc4)cc(-c4ccccc4)c3)cc21. The first-order valence-corrected chi connectivity index (χ1v) is 26.6. The van der Waals surface area contributed by atoms with Crippen molar-refractivity contribution in [2.45, 2.75) is 5.41 Å². The average Bonchev–Trinajstić information content (AvgIpc) is 2.63. The Hall–Kier alpha value is -10.8. The summed E-state index contributed by atoms with van der Waals surface area (Å²) in [4.78, 5) is 8.83. The average molecular weight is 1010 g/mol. The minimum Gasteiger partial charge on any atom is -0.310 e. The fourth-order valence-corrected chi connectivity index (χ4v) is 12.3. The Morgan fingerprint density at radius 1 is 0.291 bits per heavy atom. The number of benzene rings is 12. The summed E-state index contributed by atoms with van der Waals surface area (Å²) >= 11 is 0. The van der Waals surface area contributed by atoms with Crippen molar-refractivity contribution in [2.24, 2.45) is 0 Å². The summed E-state index contributed by atoms with van der Waals surface area (Å²) in [7, 11) is 0. The molecule has 0 aliphatic heterocycles. The van der Waals surface area contributed by atoms with E-state index < -0.39 is 5.41 Å². The highest BCUT2D eigenvalue weighted by atomic mass is 15.1. The quantitative estimate of drug-likeness (QED) is 0.128. The molecule has 0 amide bonds. The molecule has 0 bridgehead atoms. The third-order valence-corrected chi connectivity index (χ3v) is 15.8. The van der Waals surface area contributed by atoms with E-state index in [-0.39, 0.29) is 0 Å². The summed E-state index contributed by atoms with van der Waals surface area (Å²) in [6.07, 6.45) is 0. The van der Waals surface area contributed by atoms with Crippen LogP contribution in [0, 0.1) is 17.9 Å². The van der Waals surface area contributed by atoms with Gasteiger partial charge in [-0.1, -0.05) is 194 Å². The second kappa shape index (κ2) is 19.4. The van der Waals surface area contributed by atoms with Gasteiger partial charge in [-0.15, -0.1) is 0 Å². The van der Waals surface area contributed by atoms with Crippen LogP contribution in [0.25, 0.3) is 71.6 Å². The van der Waals surface area contributed by atoms with Crippen molar-refractivity contribution in [3.05, 3.63) is 330 Å². The predicted octanol–water partition coefficient (Wildman–Crippen LogP) is 20.1. The van der Waals surface area contributed by atoms with Crippen LogP contribution in [0.1, 0.15) is 27.8 Å². The van der Waals surface area contributed by atoms with Crippen LogP contribution in [0.2, 0.25) is 0 Å². The second-order valence-electron chi connectivity index (χ2n) is 20.3. The van der Waals surface area contributed by atoms with Gasteiger partial charge < -0.3 is 9.80 Å². The summed E-state index contributed by atoms with van der Waals surface area (Å²) < 4.78 is 0. The molecule has 0 atom stereocenters. The molecule has 1 spiro atoms. The van der Waals surface area contributed by atoms with E-state index in [0.29, 0.717) is 11.3 Å². The molecular weight excluding hydrogens is 957 g/mol. The van der Waals surface area contributed by atoms with Gasteiger partial charge in [0.05, 0.1) is 23.6 Å². The summed E-state index contributed by atoms with van der Waals surface area (Å²) in [5.41, 5.74) is 23.7. The van der Waals surface area contributed by atoms with Gasteiger partial charge in [-0.3, -0.25) is 0 Å². The van der Waals surface area contributed by atoms with Gasteiger partial charge in [0.1, 0.15) is 0 Å². The Labute approximate surface area is 461 Å². The maximum absolute atomic E-state index is 10.7. The van der Waals surface area contributed by atoms with Crippen LogP contribution in [0.5, 0.6) is 0 Å². The summed E-state index contributed by atoms with van der Waals surface area (Å²) in [6, 6.07) is 106. The Morgan fingerprint density at radius 2 is 0.620 bits per heavy atom.